The molecule has 8 nitrogen and oxygen atoms in total. The van der Waals surface area contributed by atoms with E-state index in [9.17, 15) is 31.2 Å². The number of benzene rings is 1. The lowest BCUT2D eigenvalue weighted by atomic mass is 10.2. The quantitative estimate of drug-likeness (QED) is 0.596. The zero-order valence-electron chi connectivity index (χ0n) is 15.9. The summed E-state index contributed by atoms with van der Waals surface area (Å²) in [6.07, 6.45) is -3.47. The summed E-state index contributed by atoms with van der Waals surface area (Å²) in [6.45, 7) is -1.83. The highest BCUT2D eigenvalue weighted by Gasteiger charge is 2.49. The summed E-state index contributed by atoms with van der Waals surface area (Å²) >= 11 is 5.99. The fourth-order valence-electron chi connectivity index (χ4n) is 3.28. The van der Waals surface area contributed by atoms with Gasteiger partial charge in [0.25, 0.3) is 0 Å². The minimum atomic E-state index is -4.57. The number of hydrogen-bond acceptors (Lipinski definition) is 6. The SMILES string of the molecule is N#CC1(NC(=O)C2C[C@@H](S(=O)(=O)c3ccc(OCC(F)(F)F)cc3Cl)CN2C=O)CC1. The first-order valence-corrected chi connectivity index (χ1v) is 11.0. The van der Waals surface area contributed by atoms with Crippen molar-refractivity contribution >= 4 is 33.8 Å². The summed E-state index contributed by atoms with van der Waals surface area (Å²) in [5.41, 5.74) is -0.974. The number of likely N-dealkylation sites (tertiary alicyclic amines) is 1. The van der Waals surface area contributed by atoms with E-state index < -0.39 is 45.4 Å². The largest absolute Gasteiger partial charge is 0.484 e. The maximum atomic E-state index is 13.0. The first-order chi connectivity index (χ1) is 14.4. The molecule has 1 saturated carbocycles. The number of alkyl halides is 3. The monoisotopic (exact) mass is 479 g/mol. The third kappa shape index (κ3) is 5.04. The number of carbonyl (C=O) groups is 2. The van der Waals surface area contributed by atoms with Crippen LogP contribution < -0.4 is 10.1 Å². The first-order valence-electron chi connectivity index (χ1n) is 9.08. The van der Waals surface area contributed by atoms with E-state index in [1.165, 1.54) is 0 Å². The minimum absolute atomic E-state index is 0.211. The van der Waals surface area contributed by atoms with Crippen LogP contribution in [0.1, 0.15) is 19.3 Å². The van der Waals surface area contributed by atoms with Crippen molar-refractivity contribution < 1.29 is 35.9 Å². The third-order valence-corrected chi connectivity index (χ3v) is 7.73. The number of ether oxygens (including phenoxy) is 1. The smallest absolute Gasteiger partial charge is 0.422 e. The average Bonchev–Trinajstić information content (AvgIpc) is 3.31. The zero-order valence-corrected chi connectivity index (χ0v) is 17.4. The molecule has 1 saturated heterocycles. The molecule has 1 aromatic carbocycles. The molecule has 0 bridgehead atoms. The van der Waals surface area contributed by atoms with Gasteiger partial charge >= 0.3 is 6.18 Å². The highest BCUT2D eigenvalue weighted by atomic mass is 35.5. The Morgan fingerprint density at radius 2 is 2.10 bits per heavy atom. The van der Waals surface area contributed by atoms with Gasteiger partial charge < -0.3 is 15.0 Å². The molecule has 1 unspecified atom stereocenters. The van der Waals surface area contributed by atoms with Crippen LogP contribution >= 0.6 is 11.6 Å². The molecule has 1 aromatic rings. The Morgan fingerprint density at radius 1 is 1.42 bits per heavy atom. The number of carbonyl (C=O) groups excluding carboxylic acids is 2. The van der Waals surface area contributed by atoms with Gasteiger partial charge in [-0.25, -0.2) is 8.42 Å². The lowest BCUT2D eigenvalue weighted by Crippen LogP contribution is -2.47. The summed E-state index contributed by atoms with van der Waals surface area (Å²) in [7, 11) is -4.13. The van der Waals surface area contributed by atoms with Crippen molar-refractivity contribution in [3.63, 3.8) is 0 Å². The van der Waals surface area contributed by atoms with Gasteiger partial charge in [-0.05, 0) is 31.4 Å². The van der Waals surface area contributed by atoms with Crippen LogP contribution in [0.25, 0.3) is 0 Å². The van der Waals surface area contributed by atoms with Crippen LogP contribution in [0.4, 0.5) is 13.2 Å². The van der Waals surface area contributed by atoms with Crippen molar-refractivity contribution in [3.8, 4) is 11.8 Å². The second kappa shape index (κ2) is 8.20. The molecule has 2 amide bonds. The number of amides is 2. The summed E-state index contributed by atoms with van der Waals surface area (Å²) in [4.78, 5) is 24.6. The fourth-order valence-corrected chi connectivity index (χ4v) is 5.52. The number of nitriles is 1. The number of halogens is 4. The predicted octanol–water partition coefficient (Wildman–Crippen LogP) is 1.83. The van der Waals surface area contributed by atoms with Crippen LogP contribution in [0.2, 0.25) is 5.02 Å². The molecule has 2 aliphatic rings. The van der Waals surface area contributed by atoms with Gasteiger partial charge in [0, 0.05) is 12.6 Å². The predicted molar refractivity (Wildman–Crippen MR) is 101 cm³/mol. The molecule has 1 heterocycles. The Balaban J connectivity index is 1.76. The Hall–Kier alpha value is -2.52. The molecular weight excluding hydrogens is 463 g/mol. The van der Waals surface area contributed by atoms with Gasteiger partial charge in [0.15, 0.2) is 16.4 Å². The number of nitrogens with zero attached hydrogens (tertiary/aromatic N) is 2. The maximum absolute atomic E-state index is 13.0. The molecule has 3 rings (SSSR count). The van der Waals surface area contributed by atoms with E-state index in [-0.39, 0.29) is 28.6 Å². The molecule has 1 aliphatic heterocycles. The van der Waals surface area contributed by atoms with Crippen molar-refractivity contribution in [3.05, 3.63) is 23.2 Å². The van der Waals surface area contributed by atoms with Crippen molar-refractivity contribution in [2.24, 2.45) is 0 Å². The molecule has 0 spiro atoms. The van der Waals surface area contributed by atoms with Gasteiger partial charge in [0.1, 0.15) is 17.3 Å². The van der Waals surface area contributed by atoms with Crippen molar-refractivity contribution in [2.45, 2.75) is 47.2 Å². The van der Waals surface area contributed by atoms with E-state index in [0.29, 0.717) is 19.3 Å². The first kappa shape index (κ1) is 23.1. The van der Waals surface area contributed by atoms with Crippen LogP contribution in [0.3, 0.4) is 0 Å². The van der Waals surface area contributed by atoms with Gasteiger partial charge in [0.2, 0.25) is 12.3 Å². The van der Waals surface area contributed by atoms with Gasteiger partial charge in [-0.3, -0.25) is 9.59 Å². The average molecular weight is 480 g/mol. The molecule has 2 fully saturated rings. The molecule has 1 aliphatic carbocycles. The number of hydrogen-bond donors (Lipinski definition) is 1. The molecule has 168 valence electrons. The minimum Gasteiger partial charge on any atom is -0.484 e. The number of rotatable bonds is 7. The molecule has 13 heteroatoms. The van der Waals surface area contributed by atoms with Crippen LogP contribution in [0.15, 0.2) is 23.1 Å². The summed E-state index contributed by atoms with van der Waals surface area (Å²) in [6, 6.07) is 3.94. The summed E-state index contributed by atoms with van der Waals surface area (Å²) < 4.78 is 67.5. The summed E-state index contributed by atoms with van der Waals surface area (Å²) in [5, 5.41) is 10.2. The van der Waals surface area contributed by atoms with E-state index in [0.717, 1.165) is 23.1 Å². The second-order valence-electron chi connectivity index (χ2n) is 7.40. The molecule has 31 heavy (non-hydrogen) atoms. The lowest BCUT2D eigenvalue weighted by Gasteiger charge is -2.20. The fraction of sp³-hybridized carbons (Fsp3) is 0.500. The van der Waals surface area contributed by atoms with Crippen LogP contribution in [-0.4, -0.2) is 61.8 Å². The molecule has 0 aromatic heterocycles. The standard InChI is InChI=1S/C18H17ClF3N3O5S/c19-13-5-11(30-9-18(20,21)22)1-2-15(13)31(28,29)12-6-14(25(7-12)10-26)16(27)24-17(8-23)3-4-17/h1-2,5,10,12,14H,3-4,6-7,9H2,(H,24,27)/t12-,14?/m1/s1. The van der Waals surface area contributed by atoms with E-state index >= 15 is 0 Å². The van der Waals surface area contributed by atoms with Crippen LogP contribution in [-0.2, 0) is 19.4 Å². The normalized spacial score (nSPS) is 22.5. The van der Waals surface area contributed by atoms with Crippen molar-refractivity contribution in [1.82, 2.24) is 10.2 Å². The van der Waals surface area contributed by atoms with E-state index in [4.69, 9.17) is 16.9 Å². The van der Waals surface area contributed by atoms with Gasteiger partial charge in [0.05, 0.1) is 21.2 Å². The topological polar surface area (TPSA) is 117 Å². The Labute approximate surface area is 180 Å². The van der Waals surface area contributed by atoms with Crippen molar-refractivity contribution in [1.29, 1.82) is 5.26 Å². The molecule has 1 N–H and O–H groups in total. The van der Waals surface area contributed by atoms with E-state index in [1.807, 2.05) is 6.07 Å². The van der Waals surface area contributed by atoms with E-state index in [2.05, 4.69) is 10.1 Å². The van der Waals surface area contributed by atoms with Crippen LogP contribution in [0, 0.1) is 11.3 Å². The molecule has 0 radical (unpaired) electrons. The molecule has 2 atom stereocenters. The van der Waals surface area contributed by atoms with Crippen molar-refractivity contribution in [2.75, 3.05) is 13.2 Å². The maximum Gasteiger partial charge on any atom is 0.422 e. The van der Waals surface area contributed by atoms with Gasteiger partial charge in [-0.15, -0.1) is 0 Å². The lowest BCUT2D eigenvalue weighted by molar-refractivity contribution is -0.153. The Bertz CT molecular complexity index is 1040. The summed E-state index contributed by atoms with van der Waals surface area (Å²) in [5.74, 6) is -0.878. The highest BCUT2D eigenvalue weighted by molar-refractivity contribution is 7.92. The number of nitrogens with one attached hydrogen (secondary N) is 1. The highest BCUT2D eigenvalue weighted by Crippen LogP contribution is 2.36. The van der Waals surface area contributed by atoms with Gasteiger partial charge in [-0.1, -0.05) is 11.6 Å². The second-order valence-corrected chi connectivity index (χ2v) is 10.0. The van der Waals surface area contributed by atoms with Gasteiger partial charge in [-0.2, -0.15) is 18.4 Å². The number of sulfone groups is 1. The van der Waals surface area contributed by atoms with E-state index in [1.54, 1.807) is 0 Å². The Kier molecular flexibility index (Phi) is 6.12. The molecular formula is C18H17ClF3N3O5S. The van der Waals surface area contributed by atoms with Crippen LogP contribution in [0.5, 0.6) is 5.75 Å². The Morgan fingerprint density at radius 3 is 2.61 bits per heavy atom. The third-order valence-electron chi connectivity index (χ3n) is 5.12. The zero-order chi connectivity index (χ0) is 23.0.